The van der Waals surface area contributed by atoms with Crippen LogP contribution in [0, 0.1) is 17.8 Å². The van der Waals surface area contributed by atoms with Gasteiger partial charge in [0.2, 0.25) is 0 Å². The van der Waals surface area contributed by atoms with Gasteiger partial charge < -0.3 is 14.9 Å². The summed E-state index contributed by atoms with van der Waals surface area (Å²) in [5, 5.41) is 18.5. The monoisotopic (exact) mass is 298 g/mol. The molecular formula is C14H18O7. The predicted molar refractivity (Wildman–Crippen MR) is 70.6 cm³/mol. The molecular weight excluding hydrogens is 280 g/mol. The molecule has 116 valence electrons. The van der Waals surface area contributed by atoms with E-state index in [1.807, 2.05) is 0 Å². The standard InChI is InChI=1S/C14H18O7/c1-5(2)9(15)11-7(13(17)18)8(14(19)20)12(21-11)10(16)6(3)4/h6-8,11-12H,1H2,2-4H3,(H,17,18)(H,19,20). The van der Waals surface area contributed by atoms with Crippen LogP contribution in [-0.4, -0.2) is 45.9 Å². The van der Waals surface area contributed by atoms with E-state index in [1.54, 1.807) is 13.8 Å². The maximum Gasteiger partial charge on any atom is 0.310 e. The van der Waals surface area contributed by atoms with Gasteiger partial charge in [-0.15, -0.1) is 0 Å². The second kappa shape index (κ2) is 6.17. The van der Waals surface area contributed by atoms with Gasteiger partial charge in [0.25, 0.3) is 0 Å². The number of Topliss-reactive ketones (excluding diaryl/α,β-unsaturated/α-hetero) is 2. The first-order valence-electron chi connectivity index (χ1n) is 6.44. The highest BCUT2D eigenvalue weighted by Crippen LogP contribution is 2.36. The van der Waals surface area contributed by atoms with Crippen LogP contribution in [0.1, 0.15) is 20.8 Å². The number of carboxylic acids is 2. The minimum atomic E-state index is -1.61. The summed E-state index contributed by atoms with van der Waals surface area (Å²) in [6, 6.07) is 0. The lowest BCUT2D eigenvalue weighted by atomic mass is 9.82. The summed E-state index contributed by atoms with van der Waals surface area (Å²) in [5.74, 6) is -7.94. The van der Waals surface area contributed by atoms with Crippen molar-refractivity contribution in [1.29, 1.82) is 0 Å². The minimum Gasteiger partial charge on any atom is -0.481 e. The van der Waals surface area contributed by atoms with Crippen molar-refractivity contribution in [3.8, 4) is 0 Å². The summed E-state index contributed by atoms with van der Waals surface area (Å²) in [6.07, 6.45) is -2.95. The van der Waals surface area contributed by atoms with Crippen LogP contribution < -0.4 is 0 Å². The maximum atomic E-state index is 12.1. The zero-order valence-electron chi connectivity index (χ0n) is 12.0. The van der Waals surface area contributed by atoms with E-state index in [0.717, 1.165) is 0 Å². The van der Waals surface area contributed by atoms with Crippen LogP contribution in [0.25, 0.3) is 0 Å². The number of rotatable bonds is 6. The zero-order valence-corrected chi connectivity index (χ0v) is 12.0. The topological polar surface area (TPSA) is 118 Å². The molecule has 1 heterocycles. The largest absolute Gasteiger partial charge is 0.481 e. The van der Waals surface area contributed by atoms with Crippen molar-refractivity contribution in [3.63, 3.8) is 0 Å². The highest BCUT2D eigenvalue weighted by atomic mass is 16.5. The van der Waals surface area contributed by atoms with E-state index in [1.165, 1.54) is 6.92 Å². The molecule has 7 heteroatoms. The first kappa shape index (κ1) is 17.0. The van der Waals surface area contributed by atoms with E-state index in [9.17, 15) is 29.4 Å². The molecule has 0 spiro atoms. The van der Waals surface area contributed by atoms with Gasteiger partial charge in [-0.05, 0) is 12.5 Å². The number of ketones is 2. The number of ether oxygens (including phenoxy) is 1. The fraction of sp³-hybridized carbons (Fsp3) is 0.571. The number of carboxylic acid groups (broad SMARTS) is 2. The third-order valence-electron chi connectivity index (χ3n) is 3.43. The van der Waals surface area contributed by atoms with Crippen molar-refractivity contribution in [1.82, 2.24) is 0 Å². The predicted octanol–water partition coefficient (Wildman–Crippen LogP) is 0.526. The lowest BCUT2D eigenvalue weighted by Crippen LogP contribution is -2.40. The Kier molecular flexibility index (Phi) is 5.01. The number of aliphatic carboxylic acids is 2. The number of hydrogen-bond donors (Lipinski definition) is 2. The fourth-order valence-corrected chi connectivity index (χ4v) is 2.31. The molecule has 1 fully saturated rings. The molecule has 7 nitrogen and oxygen atoms in total. The molecule has 0 aliphatic carbocycles. The molecule has 1 saturated heterocycles. The average molecular weight is 298 g/mol. The van der Waals surface area contributed by atoms with E-state index in [2.05, 4.69) is 6.58 Å². The SMILES string of the molecule is C=C(C)C(=O)C1OC(C(=O)C(C)C)C(C(=O)O)C1C(=O)O. The summed E-state index contributed by atoms with van der Waals surface area (Å²) < 4.78 is 5.23. The van der Waals surface area contributed by atoms with Crippen LogP contribution in [0.5, 0.6) is 0 Å². The summed E-state index contributed by atoms with van der Waals surface area (Å²) in [6.45, 7) is 7.89. The van der Waals surface area contributed by atoms with Crippen molar-refractivity contribution < 1.29 is 34.1 Å². The molecule has 4 unspecified atom stereocenters. The summed E-state index contributed by atoms with van der Waals surface area (Å²) in [7, 11) is 0. The van der Waals surface area contributed by atoms with Crippen LogP contribution in [0.2, 0.25) is 0 Å². The Balaban J connectivity index is 3.28. The van der Waals surface area contributed by atoms with Gasteiger partial charge in [-0.25, -0.2) is 0 Å². The Morgan fingerprint density at radius 2 is 1.43 bits per heavy atom. The van der Waals surface area contributed by atoms with Gasteiger partial charge in [0.1, 0.15) is 24.0 Å². The molecule has 0 aromatic heterocycles. The lowest BCUT2D eigenvalue weighted by molar-refractivity contribution is -0.154. The van der Waals surface area contributed by atoms with Gasteiger partial charge in [-0.1, -0.05) is 20.4 Å². The van der Waals surface area contributed by atoms with E-state index in [0.29, 0.717) is 0 Å². The second-order valence-corrected chi connectivity index (χ2v) is 5.41. The van der Waals surface area contributed by atoms with E-state index >= 15 is 0 Å². The molecule has 0 radical (unpaired) electrons. The Morgan fingerprint density at radius 1 is 1.00 bits per heavy atom. The molecule has 0 aromatic rings. The molecule has 4 atom stereocenters. The van der Waals surface area contributed by atoms with Gasteiger partial charge >= 0.3 is 11.9 Å². The quantitative estimate of drug-likeness (QED) is 0.686. The van der Waals surface area contributed by atoms with E-state index in [4.69, 9.17) is 4.74 Å². The first-order valence-corrected chi connectivity index (χ1v) is 6.44. The smallest absolute Gasteiger partial charge is 0.310 e. The zero-order chi connectivity index (χ0) is 16.5. The van der Waals surface area contributed by atoms with Crippen LogP contribution in [0.3, 0.4) is 0 Å². The molecule has 1 aliphatic rings. The van der Waals surface area contributed by atoms with Gasteiger partial charge in [0.05, 0.1) is 0 Å². The van der Waals surface area contributed by atoms with Crippen molar-refractivity contribution >= 4 is 23.5 Å². The average Bonchev–Trinajstić information content (AvgIpc) is 2.76. The fourth-order valence-electron chi connectivity index (χ4n) is 2.31. The Bertz CT molecular complexity index is 505. The van der Waals surface area contributed by atoms with Gasteiger partial charge in [-0.3, -0.25) is 19.2 Å². The van der Waals surface area contributed by atoms with Gasteiger partial charge in [0, 0.05) is 5.92 Å². The Hall–Kier alpha value is -2.02. The van der Waals surface area contributed by atoms with Crippen LogP contribution >= 0.6 is 0 Å². The summed E-state index contributed by atoms with van der Waals surface area (Å²) in [5.41, 5.74) is 0.0491. The van der Waals surface area contributed by atoms with Crippen molar-refractivity contribution in [2.24, 2.45) is 17.8 Å². The Labute approximate surface area is 121 Å². The third kappa shape index (κ3) is 3.18. The molecule has 0 bridgehead atoms. The van der Waals surface area contributed by atoms with Crippen molar-refractivity contribution in [2.45, 2.75) is 33.0 Å². The molecule has 0 amide bonds. The van der Waals surface area contributed by atoms with Crippen LogP contribution in [0.15, 0.2) is 12.2 Å². The number of carbonyl (C=O) groups is 4. The lowest BCUT2D eigenvalue weighted by Gasteiger charge is -2.17. The molecule has 1 aliphatic heterocycles. The molecule has 2 N–H and O–H groups in total. The van der Waals surface area contributed by atoms with Crippen LogP contribution in [0.4, 0.5) is 0 Å². The van der Waals surface area contributed by atoms with Gasteiger partial charge in [-0.2, -0.15) is 0 Å². The van der Waals surface area contributed by atoms with Crippen molar-refractivity contribution in [3.05, 3.63) is 12.2 Å². The summed E-state index contributed by atoms with van der Waals surface area (Å²) >= 11 is 0. The van der Waals surface area contributed by atoms with Crippen molar-refractivity contribution in [2.75, 3.05) is 0 Å². The van der Waals surface area contributed by atoms with E-state index in [-0.39, 0.29) is 5.57 Å². The highest BCUT2D eigenvalue weighted by Gasteiger charge is 2.57. The first-order chi connectivity index (χ1) is 9.59. The minimum absolute atomic E-state index is 0.0491. The molecule has 1 rings (SSSR count). The highest BCUT2D eigenvalue weighted by molar-refractivity contribution is 6.03. The number of hydrogen-bond acceptors (Lipinski definition) is 5. The number of carbonyl (C=O) groups excluding carboxylic acids is 2. The molecule has 0 saturated carbocycles. The molecule has 0 aromatic carbocycles. The van der Waals surface area contributed by atoms with Gasteiger partial charge in [0.15, 0.2) is 11.6 Å². The maximum absolute atomic E-state index is 12.1. The normalized spacial score (nSPS) is 28.4. The second-order valence-electron chi connectivity index (χ2n) is 5.41. The molecule has 21 heavy (non-hydrogen) atoms. The summed E-state index contributed by atoms with van der Waals surface area (Å²) in [4.78, 5) is 46.7. The van der Waals surface area contributed by atoms with Crippen LogP contribution in [-0.2, 0) is 23.9 Å². The Morgan fingerprint density at radius 3 is 1.76 bits per heavy atom. The van der Waals surface area contributed by atoms with E-state index < -0.39 is 53.5 Å². The third-order valence-corrected chi connectivity index (χ3v) is 3.43.